The minimum Gasteiger partial charge on any atom is -0.497 e. The van der Waals surface area contributed by atoms with Gasteiger partial charge in [0.2, 0.25) is 0 Å². The summed E-state index contributed by atoms with van der Waals surface area (Å²) in [7, 11) is 4.71. The third-order valence-electron chi connectivity index (χ3n) is 5.96. The molecule has 0 radical (unpaired) electrons. The van der Waals surface area contributed by atoms with Crippen molar-refractivity contribution < 1.29 is 19.0 Å². The topological polar surface area (TPSA) is 114 Å². The van der Waals surface area contributed by atoms with Gasteiger partial charge in [0.25, 0.3) is 5.91 Å². The number of aromatic nitrogens is 3. The molecule has 5 rings (SSSR count). The van der Waals surface area contributed by atoms with E-state index >= 15 is 0 Å². The zero-order valence-electron chi connectivity index (χ0n) is 20.1. The van der Waals surface area contributed by atoms with Crippen molar-refractivity contribution in [1.29, 1.82) is 0 Å². The molecule has 0 fully saturated rings. The lowest BCUT2D eigenvalue weighted by molar-refractivity contribution is 0.102. The first-order chi connectivity index (χ1) is 17.5. The van der Waals surface area contributed by atoms with Crippen molar-refractivity contribution in [3.05, 3.63) is 77.9 Å². The summed E-state index contributed by atoms with van der Waals surface area (Å²) in [4.78, 5) is 23.1. The number of nitrogens with one attached hydrogen (secondary N) is 1. The molecule has 5 aromatic rings. The van der Waals surface area contributed by atoms with Crippen molar-refractivity contribution >= 4 is 39.6 Å². The molecule has 0 aliphatic carbocycles. The Labute approximate surface area is 207 Å². The van der Waals surface area contributed by atoms with E-state index < -0.39 is 5.91 Å². The molecule has 2 aromatic heterocycles. The molecule has 0 spiro atoms. The zero-order valence-corrected chi connectivity index (χ0v) is 20.1. The Bertz CT molecular complexity index is 1580. The van der Waals surface area contributed by atoms with Crippen molar-refractivity contribution in [2.45, 2.75) is 6.54 Å². The molecular formula is C27H25N5O4. The summed E-state index contributed by atoms with van der Waals surface area (Å²) < 4.78 is 17.7. The van der Waals surface area contributed by atoms with E-state index in [1.165, 1.54) is 7.11 Å². The lowest BCUT2D eigenvalue weighted by Crippen LogP contribution is -2.15. The lowest BCUT2D eigenvalue weighted by Gasteiger charge is -2.11. The molecule has 182 valence electrons. The molecule has 0 aliphatic heterocycles. The van der Waals surface area contributed by atoms with Gasteiger partial charge in [0.05, 0.1) is 38.9 Å². The number of nitrogens with zero attached hydrogens (tertiary/aromatic N) is 3. The molecule has 0 saturated heterocycles. The molecule has 0 unspecified atom stereocenters. The van der Waals surface area contributed by atoms with Gasteiger partial charge in [-0.25, -0.2) is 9.97 Å². The number of rotatable bonds is 7. The number of nitrogen functional groups attached to an aromatic ring is 1. The van der Waals surface area contributed by atoms with Crippen LogP contribution in [0.2, 0.25) is 0 Å². The second-order valence-corrected chi connectivity index (χ2v) is 8.10. The summed E-state index contributed by atoms with van der Waals surface area (Å²) in [5.41, 5.74) is 10.7. The van der Waals surface area contributed by atoms with Crippen LogP contribution in [-0.2, 0) is 6.54 Å². The van der Waals surface area contributed by atoms with E-state index in [-0.39, 0.29) is 11.4 Å². The molecule has 36 heavy (non-hydrogen) atoms. The molecule has 9 heteroatoms. The highest BCUT2D eigenvalue weighted by atomic mass is 16.5. The maximum atomic E-state index is 13.5. The summed E-state index contributed by atoms with van der Waals surface area (Å²) in [6.45, 7) is 0.406. The monoisotopic (exact) mass is 483 g/mol. The van der Waals surface area contributed by atoms with Gasteiger partial charge >= 0.3 is 0 Å². The van der Waals surface area contributed by atoms with Gasteiger partial charge in [-0.3, -0.25) is 4.79 Å². The van der Waals surface area contributed by atoms with E-state index in [1.807, 2.05) is 48.5 Å². The van der Waals surface area contributed by atoms with Crippen LogP contribution >= 0.6 is 0 Å². The molecular weight excluding hydrogens is 458 g/mol. The van der Waals surface area contributed by atoms with Crippen LogP contribution in [0.25, 0.3) is 22.2 Å². The Morgan fingerprint density at radius 3 is 2.25 bits per heavy atom. The second kappa shape index (κ2) is 9.46. The smallest absolute Gasteiger partial charge is 0.261 e. The van der Waals surface area contributed by atoms with Crippen LogP contribution in [0.3, 0.4) is 0 Å². The minimum absolute atomic E-state index is 0.256. The quantitative estimate of drug-likeness (QED) is 0.351. The van der Waals surface area contributed by atoms with Gasteiger partial charge in [0.15, 0.2) is 17.1 Å². The predicted octanol–water partition coefficient (Wildman–Crippen LogP) is 4.49. The van der Waals surface area contributed by atoms with E-state index in [0.717, 1.165) is 11.3 Å². The largest absolute Gasteiger partial charge is 0.497 e. The van der Waals surface area contributed by atoms with Gasteiger partial charge in [-0.15, -0.1) is 0 Å². The molecule has 0 saturated carbocycles. The SMILES string of the molecule is COc1ccc(Cn2c(N)c(C(=O)Nc3ccc(OC)c(OC)c3)c3nc4ccccc4nc32)cc1. The number of fused-ring (bicyclic) bond motifs is 2. The highest BCUT2D eigenvalue weighted by Crippen LogP contribution is 2.32. The molecule has 9 nitrogen and oxygen atoms in total. The van der Waals surface area contributed by atoms with Crippen molar-refractivity contribution in [2.24, 2.45) is 0 Å². The Morgan fingerprint density at radius 2 is 1.58 bits per heavy atom. The molecule has 3 N–H and O–H groups in total. The number of hydrogen-bond acceptors (Lipinski definition) is 7. The summed E-state index contributed by atoms with van der Waals surface area (Å²) in [5, 5.41) is 2.91. The number of amides is 1. The lowest BCUT2D eigenvalue weighted by atomic mass is 10.2. The Morgan fingerprint density at radius 1 is 0.889 bits per heavy atom. The number of para-hydroxylation sites is 2. The van der Waals surface area contributed by atoms with Gasteiger partial charge in [0.1, 0.15) is 22.6 Å². The van der Waals surface area contributed by atoms with Crippen LogP contribution in [0, 0.1) is 0 Å². The average Bonchev–Trinajstić information content (AvgIpc) is 3.17. The summed E-state index contributed by atoms with van der Waals surface area (Å²) in [5.74, 6) is 1.68. The molecule has 0 bridgehead atoms. The molecule has 3 aromatic carbocycles. The van der Waals surface area contributed by atoms with E-state index in [2.05, 4.69) is 5.32 Å². The first-order valence-corrected chi connectivity index (χ1v) is 11.2. The fraction of sp³-hybridized carbons (Fsp3) is 0.148. The number of nitrogens with two attached hydrogens (primary N) is 1. The van der Waals surface area contributed by atoms with Crippen LogP contribution in [0.5, 0.6) is 17.2 Å². The summed E-state index contributed by atoms with van der Waals surface area (Å²) >= 11 is 0. The molecule has 1 amide bonds. The molecule has 0 atom stereocenters. The average molecular weight is 484 g/mol. The van der Waals surface area contributed by atoms with Crippen LogP contribution in [0.4, 0.5) is 11.5 Å². The minimum atomic E-state index is -0.400. The number of ether oxygens (including phenoxy) is 3. The van der Waals surface area contributed by atoms with E-state index in [9.17, 15) is 4.79 Å². The van der Waals surface area contributed by atoms with Crippen molar-refractivity contribution in [1.82, 2.24) is 14.5 Å². The van der Waals surface area contributed by atoms with Crippen LogP contribution < -0.4 is 25.3 Å². The normalized spacial score (nSPS) is 11.0. The van der Waals surface area contributed by atoms with Gasteiger partial charge in [-0.2, -0.15) is 0 Å². The van der Waals surface area contributed by atoms with Crippen molar-refractivity contribution in [2.75, 3.05) is 32.4 Å². The third kappa shape index (κ3) is 4.11. The Kier molecular flexibility index (Phi) is 6.03. The molecule has 2 heterocycles. The van der Waals surface area contributed by atoms with Gasteiger partial charge in [0, 0.05) is 11.8 Å². The number of benzene rings is 3. The highest BCUT2D eigenvalue weighted by molar-refractivity contribution is 6.16. The van der Waals surface area contributed by atoms with Crippen molar-refractivity contribution in [3.8, 4) is 17.2 Å². The van der Waals surface area contributed by atoms with Crippen LogP contribution in [0.1, 0.15) is 15.9 Å². The highest BCUT2D eigenvalue weighted by Gasteiger charge is 2.24. The number of carbonyl (C=O) groups excluding carboxylic acids is 1. The van der Waals surface area contributed by atoms with Gasteiger partial charge in [-0.1, -0.05) is 24.3 Å². The first kappa shape index (κ1) is 23.0. The van der Waals surface area contributed by atoms with E-state index in [1.54, 1.807) is 37.0 Å². The van der Waals surface area contributed by atoms with Crippen LogP contribution in [-0.4, -0.2) is 41.8 Å². The Balaban J connectivity index is 1.61. The van der Waals surface area contributed by atoms with E-state index in [4.69, 9.17) is 29.9 Å². The number of carbonyl (C=O) groups is 1. The fourth-order valence-electron chi connectivity index (χ4n) is 4.12. The fourth-order valence-corrected chi connectivity index (χ4v) is 4.12. The maximum absolute atomic E-state index is 13.5. The number of hydrogen-bond donors (Lipinski definition) is 2. The first-order valence-electron chi connectivity index (χ1n) is 11.2. The van der Waals surface area contributed by atoms with Gasteiger partial charge in [-0.05, 0) is 42.0 Å². The number of anilines is 2. The zero-order chi connectivity index (χ0) is 25.2. The van der Waals surface area contributed by atoms with Gasteiger partial charge < -0.3 is 29.8 Å². The van der Waals surface area contributed by atoms with E-state index in [0.29, 0.717) is 45.9 Å². The summed E-state index contributed by atoms with van der Waals surface area (Å²) in [6.07, 6.45) is 0. The maximum Gasteiger partial charge on any atom is 0.261 e. The van der Waals surface area contributed by atoms with Crippen molar-refractivity contribution in [3.63, 3.8) is 0 Å². The Hall–Kier alpha value is -4.79. The predicted molar refractivity (Wildman–Crippen MR) is 139 cm³/mol. The third-order valence-corrected chi connectivity index (χ3v) is 5.96. The molecule has 0 aliphatic rings. The summed E-state index contributed by atoms with van der Waals surface area (Å²) in [6, 6.07) is 20.3. The standard InChI is InChI=1S/C27H25N5O4/c1-34-18-11-8-16(9-12-18)15-32-25(28)23(24-26(32)31-20-7-5-4-6-19(20)30-24)27(33)29-17-10-13-21(35-2)22(14-17)36-3/h4-14H,15,28H2,1-3H3,(H,29,33). The second-order valence-electron chi connectivity index (χ2n) is 8.10. The number of methoxy groups -OCH3 is 3. The van der Waals surface area contributed by atoms with Crippen LogP contribution in [0.15, 0.2) is 66.7 Å².